The number of aliphatic hydroxyl groups is 5. The van der Waals surface area contributed by atoms with Crippen LogP contribution in [0.4, 0.5) is 0 Å². The summed E-state index contributed by atoms with van der Waals surface area (Å²) < 4.78 is 21.2. The summed E-state index contributed by atoms with van der Waals surface area (Å²) in [6, 6.07) is 0. The summed E-state index contributed by atoms with van der Waals surface area (Å²) in [6.07, 6.45) is 5.68. The van der Waals surface area contributed by atoms with E-state index in [1.165, 1.54) is 0 Å². The number of carbonyl (C=O) groups excluding carboxylic acids is 2. The highest BCUT2D eigenvalue weighted by molar-refractivity contribution is 5.88. The summed E-state index contributed by atoms with van der Waals surface area (Å²) in [6.45, 7) is 7.44. The molecule has 5 heterocycles. The Morgan fingerprint density at radius 1 is 0.933 bits per heavy atom. The predicted octanol–water partition coefficient (Wildman–Crippen LogP) is 1.59. The fraction of sp³-hybridized carbons (Fsp3) is 0.913. The number of Topliss-reactive ketones (excluding diaryl/α,β-unsaturated/α-hetero) is 1. The standard InChI is InChI=1S/C46H76N4O10/c1-4-24(20-51)45(57)59-35-18-32-41(56)39-34(55)17-29(21-52)58-43(39)40-38-30-12-13-49-44(47)37(30)26(8-7-25-9-10-28(54)16-31(25)33(38)22-53)15-27(46(35,3)60-42(32)40)14-23-6-11-36(48-5-2)50-19-23/h4,23,25-33,35-44,48-54,56H,5-22,47H2,1-3H3/t23?,25?,26-,27+,28?,29?,30?,31?,32?,33?,35-,36?,37?,38?,39?,40?,41?,42?,43?,44?,46+/m1/s1. The van der Waals surface area contributed by atoms with Gasteiger partial charge < -0.3 is 61.4 Å². The van der Waals surface area contributed by atoms with Crippen LogP contribution in [0.25, 0.3) is 0 Å². The van der Waals surface area contributed by atoms with Crippen molar-refractivity contribution in [2.45, 2.75) is 152 Å². The molecule has 0 spiro atoms. The molecule has 0 aromatic rings. The first-order valence-corrected chi connectivity index (χ1v) is 23.8. The van der Waals surface area contributed by atoms with E-state index in [0.717, 1.165) is 70.9 Å². The van der Waals surface area contributed by atoms with Gasteiger partial charge in [-0.05, 0) is 157 Å². The van der Waals surface area contributed by atoms with E-state index in [1.807, 2.05) is 0 Å². The van der Waals surface area contributed by atoms with Crippen molar-refractivity contribution in [1.82, 2.24) is 16.0 Å². The maximum Gasteiger partial charge on any atom is 0.336 e. The van der Waals surface area contributed by atoms with E-state index in [9.17, 15) is 35.1 Å². The maximum atomic E-state index is 14.4. The second-order valence-electron chi connectivity index (χ2n) is 20.5. The number of allylic oxidation sites excluding steroid dienone is 1. The smallest absolute Gasteiger partial charge is 0.336 e. The molecule has 4 bridgehead atoms. The summed E-state index contributed by atoms with van der Waals surface area (Å²) in [4.78, 5) is 28.3. The quantitative estimate of drug-likeness (QED) is 0.119. The van der Waals surface area contributed by atoms with E-state index in [0.29, 0.717) is 18.9 Å². The lowest BCUT2D eigenvalue weighted by molar-refractivity contribution is -0.311. The minimum Gasteiger partial charge on any atom is -0.456 e. The van der Waals surface area contributed by atoms with E-state index in [4.69, 9.17) is 19.9 Å². The average molecular weight is 845 g/mol. The molecule has 5 saturated heterocycles. The Hall–Kier alpha value is -1.56. The van der Waals surface area contributed by atoms with Crippen molar-refractivity contribution in [3.8, 4) is 0 Å². The number of nitrogens with one attached hydrogen (secondary N) is 3. The van der Waals surface area contributed by atoms with Crippen LogP contribution < -0.4 is 21.7 Å². The molecular weight excluding hydrogens is 769 g/mol. The normalized spacial score (nSPS) is 49.6. The Kier molecular flexibility index (Phi) is 14.2. The molecule has 340 valence electrons. The average Bonchev–Trinajstić information content (AvgIpc) is 3.28. The van der Waals surface area contributed by atoms with E-state index in [-0.39, 0.29) is 97.1 Å². The molecule has 8 aliphatic rings. The Bertz CT molecular complexity index is 1530. The summed E-state index contributed by atoms with van der Waals surface area (Å²) >= 11 is 0. The molecule has 17 unspecified atom stereocenters. The number of nitrogens with two attached hydrogens (primary N) is 1. The van der Waals surface area contributed by atoms with Crippen molar-refractivity contribution in [2.24, 2.45) is 76.7 Å². The number of ether oxygens (including phenoxy) is 3. The molecule has 0 aromatic carbocycles. The number of aliphatic hydroxyl groups excluding tert-OH is 5. The number of piperidine rings is 2. The van der Waals surface area contributed by atoms with Gasteiger partial charge in [-0.1, -0.05) is 13.0 Å². The minimum atomic E-state index is -1.16. The molecule has 14 nitrogen and oxygen atoms in total. The molecule has 21 atom stereocenters. The van der Waals surface area contributed by atoms with Crippen LogP contribution in [0.5, 0.6) is 0 Å². The topological polar surface area (TPSA) is 225 Å². The van der Waals surface area contributed by atoms with Crippen LogP contribution >= 0.6 is 0 Å². The zero-order valence-electron chi connectivity index (χ0n) is 36.2. The van der Waals surface area contributed by atoms with Crippen molar-refractivity contribution in [2.75, 3.05) is 39.5 Å². The lowest BCUT2D eigenvalue weighted by Crippen LogP contribution is -2.72. The number of ketones is 1. The Balaban J connectivity index is 1.32. The van der Waals surface area contributed by atoms with Crippen LogP contribution in [-0.2, 0) is 23.8 Å². The highest BCUT2D eigenvalue weighted by Crippen LogP contribution is 2.61. The number of hydrogen-bond donors (Lipinski definition) is 9. The van der Waals surface area contributed by atoms with Gasteiger partial charge in [-0.2, -0.15) is 0 Å². The zero-order valence-corrected chi connectivity index (χ0v) is 36.2. The molecule has 8 rings (SSSR count). The van der Waals surface area contributed by atoms with Gasteiger partial charge in [-0.25, -0.2) is 4.79 Å². The van der Waals surface area contributed by atoms with Gasteiger partial charge in [0.15, 0.2) is 0 Å². The van der Waals surface area contributed by atoms with Crippen molar-refractivity contribution in [3.05, 3.63) is 11.6 Å². The molecule has 60 heavy (non-hydrogen) atoms. The van der Waals surface area contributed by atoms with Crippen LogP contribution in [0.1, 0.15) is 97.8 Å². The Morgan fingerprint density at radius 2 is 1.72 bits per heavy atom. The fourth-order valence-electron chi connectivity index (χ4n) is 14.8. The van der Waals surface area contributed by atoms with E-state index in [1.54, 1.807) is 13.0 Å². The molecule has 0 aromatic heterocycles. The molecular formula is C46H76N4O10. The molecule has 3 saturated carbocycles. The van der Waals surface area contributed by atoms with Crippen LogP contribution in [0, 0.1) is 71.0 Å². The zero-order chi connectivity index (χ0) is 42.5. The first-order valence-electron chi connectivity index (χ1n) is 23.8. The van der Waals surface area contributed by atoms with Gasteiger partial charge >= 0.3 is 5.97 Å². The SMILES string of the molecule is CC=C(CO)C(=O)O[C@@H]1CC2C(O)C3C(=O)CC(CO)OC3C3C2O[C@@]1(C)[C@@H](CC1CCC(NCC)NC1)C[C@H]1CCC2CCC(O)CC2C(CO)C3C2CCNC(N)C21. The predicted molar refractivity (Wildman–Crippen MR) is 223 cm³/mol. The number of fused-ring (bicyclic) bond motifs is 5. The van der Waals surface area contributed by atoms with Crippen molar-refractivity contribution >= 4 is 11.8 Å². The Labute approximate surface area is 356 Å². The lowest BCUT2D eigenvalue weighted by atomic mass is 9.50. The molecule has 14 heteroatoms. The molecule has 3 aliphatic carbocycles. The number of rotatable bonds is 9. The van der Waals surface area contributed by atoms with Crippen molar-refractivity contribution < 1.29 is 49.3 Å². The van der Waals surface area contributed by atoms with Gasteiger partial charge in [0, 0.05) is 24.9 Å². The first-order chi connectivity index (χ1) is 28.9. The third-order valence-electron chi connectivity index (χ3n) is 17.7. The summed E-state index contributed by atoms with van der Waals surface area (Å²) in [5, 5.41) is 67.4. The van der Waals surface area contributed by atoms with E-state index >= 15 is 0 Å². The van der Waals surface area contributed by atoms with Gasteiger partial charge in [0.05, 0.1) is 67.6 Å². The number of carbonyl (C=O) groups is 2. The minimum absolute atomic E-state index is 0.0112. The highest BCUT2D eigenvalue weighted by Gasteiger charge is 2.67. The second-order valence-corrected chi connectivity index (χ2v) is 20.5. The first kappa shape index (κ1) is 45.0. The highest BCUT2D eigenvalue weighted by atomic mass is 16.6. The largest absolute Gasteiger partial charge is 0.456 e. The molecule has 0 amide bonds. The maximum absolute atomic E-state index is 14.4. The fourth-order valence-corrected chi connectivity index (χ4v) is 14.8. The van der Waals surface area contributed by atoms with Crippen LogP contribution in [0.2, 0.25) is 0 Å². The number of hydrogen-bond acceptors (Lipinski definition) is 14. The summed E-state index contributed by atoms with van der Waals surface area (Å²) in [7, 11) is 0. The van der Waals surface area contributed by atoms with Gasteiger partial charge in [0.25, 0.3) is 0 Å². The Morgan fingerprint density at radius 3 is 2.42 bits per heavy atom. The van der Waals surface area contributed by atoms with Gasteiger partial charge in [-0.3, -0.25) is 4.79 Å². The number of esters is 1. The third-order valence-corrected chi connectivity index (χ3v) is 17.7. The molecule has 8 fully saturated rings. The third kappa shape index (κ3) is 8.31. The van der Waals surface area contributed by atoms with Crippen LogP contribution in [0.3, 0.4) is 0 Å². The van der Waals surface area contributed by atoms with E-state index in [2.05, 4.69) is 29.8 Å². The van der Waals surface area contributed by atoms with Crippen molar-refractivity contribution in [1.29, 1.82) is 0 Å². The molecule has 10 N–H and O–H groups in total. The summed E-state index contributed by atoms with van der Waals surface area (Å²) in [5.74, 6) is -2.49. The van der Waals surface area contributed by atoms with Crippen molar-refractivity contribution in [3.63, 3.8) is 0 Å². The second kappa shape index (κ2) is 18.9. The monoisotopic (exact) mass is 845 g/mol. The van der Waals surface area contributed by atoms with Crippen LogP contribution in [0.15, 0.2) is 11.6 Å². The molecule has 0 radical (unpaired) electrons. The van der Waals surface area contributed by atoms with Gasteiger partial charge in [0.1, 0.15) is 17.5 Å². The van der Waals surface area contributed by atoms with Gasteiger partial charge in [-0.15, -0.1) is 0 Å². The van der Waals surface area contributed by atoms with E-state index < -0.39 is 72.6 Å². The summed E-state index contributed by atoms with van der Waals surface area (Å²) in [5.41, 5.74) is 6.43. The molecule has 5 aliphatic heterocycles. The lowest BCUT2D eigenvalue weighted by Gasteiger charge is -2.63. The van der Waals surface area contributed by atoms with Crippen LogP contribution in [-0.4, -0.2) is 131 Å². The van der Waals surface area contributed by atoms with Gasteiger partial charge in [0.2, 0.25) is 0 Å².